The summed E-state index contributed by atoms with van der Waals surface area (Å²) in [5, 5.41) is 9.03. The van der Waals surface area contributed by atoms with Crippen molar-refractivity contribution in [1.29, 1.82) is 0 Å². The topological polar surface area (TPSA) is 59.3 Å². The van der Waals surface area contributed by atoms with E-state index in [9.17, 15) is 9.59 Å². The minimum absolute atomic E-state index is 0.0856. The van der Waals surface area contributed by atoms with E-state index >= 15 is 0 Å². The molecule has 0 amide bonds. The number of rotatable bonds is 3. The van der Waals surface area contributed by atoms with Crippen molar-refractivity contribution in [2.75, 3.05) is 5.75 Å². The third-order valence-corrected chi connectivity index (χ3v) is 5.58. The zero-order valence-electron chi connectivity index (χ0n) is 10.9. The van der Waals surface area contributed by atoms with E-state index in [0.29, 0.717) is 10.4 Å². The van der Waals surface area contributed by atoms with Crippen LogP contribution in [0.5, 0.6) is 0 Å². The molecule has 0 radical (unpaired) electrons. The van der Waals surface area contributed by atoms with E-state index in [-0.39, 0.29) is 11.5 Å². The fourth-order valence-corrected chi connectivity index (χ4v) is 4.64. The summed E-state index contributed by atoms with van der Waals surface area (Å²) in [6, 6.07) is 3.40. The van der Waals surface area contributed by atoms with Gasteiger partial charge in [-0.05, 0) is 29.9 Å². The van der Waals surface area contributed by atoms with Gasteiger partial charge in [0, 0.05) is 29.4 Å². The fourth-order valence-electron chi connectivity index (χ4n) is 2.30. The molecule has 0 atom stereocenters. The van der Waals surface area contributed by atoms with Gasteiger partial charge in [-0.25, -0.2) is 4.79 Å². The van der Waals surface area contributed by atoms with Gasteiger partial charge in [-0.3, -0.25) is 4.79 Å². The van der Waals surface area contributed by atoms with Crippen LogP contribution < -0.4 is 0 Å². The molecule has 0 aromatic carbocycles. The summed E-state index contributed by atoms with van der Waals surface area (Å²) < 4.78 is 1.47. The van der Waals surface area contributed by atoms with Gasteiger partial charge in [0.15, 0.2) is 0 Å². The molecule has 3 rings (SSSR count). The zero-order valence-corrected chi connectivity index (χ0v) is 12.5. The first kappa shape index (κ1) is 13.5. The van der Waals surface area contributed by atoms with E-state index < -0.39 is 5.97 Å². The van der Waals surface area contributed by atoms with Crippen molar-refractivity contribution in [3.05, 3.63) is 44.9 Å². The molecule has 0 unspecified atom stereocenters. The molecule has 1 aliphatic rings. The summed E-state index contributed by atoms with van der Waals surface area (Å²) in [5.41, 5.74) is 1.82. The maximum absolute atomic E-state index is 12.4. The first-order valence-corrected chi connectivity index (χ1v) is 8.17. The number of aromatic carboxylic acids is 1. The highest BCUT2D eigenvalue weighted by Crippen LogP contribution is 2.32. The van der Waals surface area contributed by atoms with Gasteiger partial charge in [0.25, 0.3) is 0 Å². The van der Waals surface area contributed by atoms with Gasteiger partial charge >= 0.3 is 5.97 Å². The van der Waals surface area contributed by atoms with Crippen molar-refractivity contribution in [3.63, 3.8) is 0 Å². The number of thiophene rings is 1. The highest BCUT2D eigenvalue weighted by atomic mass is 32.2. The quantitative estimate of drug-likeness (QED) is 0.886. The van der Waals surface area contributed by atoms with Crippen LogP contribution in [0.1, 0.15) is 36.2 Å². The molecular weight excluding hydrogens is 294 g/mol. The third kappa shape index (κ3) is 2.29. The predicted molar refractivity (Wildman–Crippen MR) is 80.0 cm³/mol. The third-order valence-electron chi connectivity index (χ3n) is 3.34. The molecule has 20 heavy (non-hydrogen) atoms. The Bertz CT molecular complexity index is 676. The normalized spacial score (nSPS) is 14.1. The first-order valence-electron chi connectivity index (χ1n) is 6.20. The number of hydrogen-bond donors (Lipinski definition) is 1. The number of fused-ring (bicyclic) bond motifs is 1. The van der Waals surface area contributed by atoms with Crippen LogP contribution in [-0.4, -0.2) is 27.2 Å². The highest BCUT2D eigenvalue weighted by Gasteiger charge is 2.21. The van der Waals surface area contributed by atoms with Crippen LogP contribution in [0.15, 0.2) is 18.3 Å². The summed E-state index contributed by atoms with van der Waals surface area (Å²) in [4.78, 5) is 25.5. The summed E-state index contributed by atoms with van der Waals surface area (Å²) in [7, 11) is 1.64. The average Bonchev–Trinajstić information content (AvgIpc) is 3.01. The zero-order chi connectivity index (χ0) is 14.3. The molecule has 0 bridgehead atoms. The van der Waals surface area contributed by atoms with Crippen LogP contribution in [0.2, 0.25) is 0 Å². The van der Waals surface area contributed by atoms with E-state index in [1.807, 2.05) is 17.8 Å². The van der Waals surface area contributed by atoms with E-state index in [4.69, 9.17) is 5.11 Å². The number of carbonyl (C=O) groups is 2. The van der Waals surface area contributed by atoms with E-state index in [0.717, 1.165) is 17.9 Å². The maximum Gasteiger partial charge on any atom is 0.352 e. The Balaban J connectivity index is 1.94. The SMILES string of the molecule is Cn1cc(C(=O)c2cc3c(s2)CCSC3)cc1C(=O)O. The molecule has 6 heteroatoms. The van der Waals surface area contributed by atoms with Crippen LogP contribution in [0, 0.1) is 0 Å². The Morgan fingerprint density at radius 2 is 2.15 bits per heavy atom. The number of carbonyl (C=O) groups excluding carboxylic acids is 1. The lowest BCUT2D eigenvalue weighted by Gasteiger charge is -2.08. The number of hydrogen-bond acceptors (Lipinski definition) is 4. The molecule has 0 spiro atoms. The van der Waals surface area contributed by atoms with Gasteiger partial charge in [-0.15, -0.1) is 11.3 Å². The Hall–Kier alpha value is -1.53. The highest BCUT2D eigenvalue weighted by molar-refractivity contribution is 7.98. The van der Waals surface area contributed by atoms with Crippen LogP contribution in [0.4, 0.5) is 0 Å². The Morgan fingerprint density at radius 3 is 2.80 bits per heavy atom. The van der Waals surface area contributed by atoms with E-state index in [1.54, 1.807) is 24.6 Å². The number of carboxylic acids is 1. The van der Waals surface area contributed by atoms with E-state index in [2.05, 4.69) is 0 Å². The van der Waals surface area contributed by atoms with Crippen molar-refractivity contribution >= 4 is 34.9 Å². The van der Waals surface area contributed by atoms with Crippen molar-refractivity contribution in [2.45, 2.75) is 12.2 Å². The standard InChI is InChI=1S/C14H13NO3S2/c1-15-6-8(4-10(15)14(17)18)13(16)12-5-9-7-19-3-2-11(9)20-12/h4-6H,2-3,7H2,1H3,(H,17,18). The van der Waals surface area contributed by atoms with Gasteiger partial charge in [-0.1, -0.05) is 0 Å². The Labute approximate surface area is 124 Å². The molecule has 104 valence electrons. The van der Waals surface area contributed by atoms with Crippen molar-refractivity contribution in [2.24, 2.45) is 7.05 Å². The summed E-state index contributed by atoms with van der Waals surface area (Å²) in [6.07, 6.45) is 2.60. The number of carboxylic acid groups (broad SMARTS) is 1. The van der Waals surface area contributed by atoms with Gasteiger partial charge < -0.3 is 9.67 Å². The molecule has 1 N–H and O–H groups in total. The lowest BCUT2D eigenvalue weighted by molar-refractivity contribution is 0.0686. The largest absolute Gasteiger partial charge is 0.477 e. The summed E-state index contributed by atoms with van der Waals surface area (Å²) in [5.74, 6) is 0.968. The molecular formula is C14H13NO3S2. The van der Waals surface area contributed by atoms with Crippen LogP contribution in [0.25, 0.3) is 0 Å². The molecule has 2 aromatic rings. The van der Waals surface area contributed by atoms with Crippen molar-refractivity contribution in [1.82, 2.24) is 4.57 Å². The van der Waals surface area contributed by atoms with Gasteiger partial charge in [0.2, 0.25) is 5.78 Å². The monoisotopic (exact) mass is 307 g/mol. The summed E-state index contributed by atoms with van der Waals surface area (Å²) >= 11 is 3.42. The average molecular weight is 307 g/mol. The second-order valence-corrected chi connectivity index (χ2v) is 6.96. The minimum atomic E-state index is -1.02. The Kier molecular flexibility index (Phi) is 3.43. The molecule has 0 fully saturated rings. The smallest absolute Gasteiger partial charge is 0.352 e. The number of ketones is 1. The van der Waals surface area contributed by atoms with Gasteiger partial charge in [0.1, 0.15) is 5.69 Å². The number of aromatic nitrogens is 1. The molecule has 0 aliphatic carbocycles. The van der Waals surface area contributed by atoms with Crippen molar-refractivity contribution < 1.29 is 14.7 Å². The first-order chi connectivity index (χ1) is 9.56. The number of nitrogens with zero attached hydrogens (tertiary/aromatic N) is 1. The van der Waals surface area contributed by atoms with E-state index in [1.165, 1.54) is 21.1 Å². The van der Waals surface area contributed by atoms with Crippen LogP contribution >= 0.6 is 23.1 Å². The molecule has 3 heterocycles. The van der Waals surface area contributed by atoms with Crippen molar-refractivity contribution in [3.8, 4) is 0 Å². The molecule has 4 nitrogen and oxygen atoms in total. The molecule has 0 saturated carbocycles. The number of thioether (sulfide) groups is 1. The second kappa shape index (κ2) is 5.10. The minimum Gasteiger partial charge on any atom is -0.477 e. The van der Waals surface area contributed by atoms with Gasteiger partial charge in [-0.2, -0.15) is 11.8 Å². The maximum atomic E-state index is 12.4. The molecule has 0 saturated heterocycles. The fraction of sp³-hybridized carbons (Fsp3) is 0.286. The Morgan fingerprint density at radius 1 is 1.35 bits per heavy atom. The number of aryl methyl sites for hydroxylation is 2. The second-order valence-electron chi connectivity index (χ2n) is 4.72. The van der Waals surface area contributed by atoms with Gasteiger partial charge in [0.05, 0.1) is 4.88 Å². The lowest BCUT2D eigenvalue weighted by Crippen LogP contribution is -2.02. The molecule has 2 aromatic heterocycles. The van der Waals surface area contributed by atoms with Crippen LogP contribution in [-0.2, 0) is 19.2 Å². The molecule has 1 aliphatic heterocycles. The predicted octanol–water partition coefficient (Wildman–Crippen LogP) is 2.81. The summed E-state index contributed by atoms with van der Waals surface area (Å²) in [6.45, 7) is 0. The van der Waals surface area contributed by atoms with Crippen LogP contribution in [0.3, 0.4) is 0 Å². The lowest BCUT2D eigenvalue weighted by atomic mass is 10.1.